The van der Waals surface area contributed by atoms with Gasteiger partial charge < -0.3 is 19.9 Å². The number of hydrogen-bond donors (Lipinski definition) is 2. The van der Waals surface area contributed by atoms with Crippen molar-refractivity contribution in [3.63, 3.8) is 0 Å². The molecule has 1 amide bonds. The Hall–Kier alpha value is -2.24. The molecule has 0 aliphatic heterocycles. The van der Waals surface area contributed by atoms with Crippen LogP contribution in [0, 0.1) is 5.41 Å². The van der Waals surface area contributed by atoms with Crippen molar-refractivity contribution in [1.29, 1.82) is 0 Å². The summed E-state index contributed by atoms with van der Waals surface area (Å²) in [5.41, 5.74) is -0.628. The Kier molecular flexibility index (Phi) is 6.22. The van der Waals surface area contributed by atoms with Crippen LogP contribution in [0.25, 0.3) is 0 Å². The van der Waals surface area contributed by atoms with Gasteiger partial charge >= 0.3 is 5.97 Å². The van der Waals surface area contributed by atoms with E-state index in [9.17, 15) is 9.59 Å². The summed E-state index contributed by atoms with van der Waals surface area (Å²) in [5, 5.41) is 11.7. The van der Waals surface area contributed by atoms with Crippen LogP contribution in [0.5, 0.6) is 11.5 Å². The Balaban J connectivity index is 2.85. The molecule has 0 atom stereocenters. The van der Waals surface area contributed by atoms with Gasteiger partial charge in [0.15, 0.2) is 11.5 Å². The Bertz CT molecular complexity index is 539. The van der Waals surface area contributed by atoms with Gasteiger partial charge in [0, 0.05) is 12.1 Å². The number of aliphatic carboxylic acids is 1. The zero-order chi connectivity index (χ0) is 16.8. The molecule has 0 aromatic heterocycles. The van der Waals surface area contributed by atoms with Crippen LogP contribution in [-0.2, 0) is 4.79 Å². The number of nitrogens with one attached hydrogen (secondary N) is 1. The molecule has 6 nitrogen and oxygen atoms in total. The average Bonchev–Trinajstić information content (AvgIpc) is 2.47. The third-order valence-corrected chi connectivity index (χ3v) is 3.08. The summed E-state index contributed by atoms with van der Waals surface area (Å²) in [6, 6.07) is 4.89. The first-order valence-electron chi connectivity index (χ1n) is 7.23. The number of amides is 1. The number of carboxylic acids is 1. The first-order chi connectivity index (χ1) is 10.3. The lowest BCUT2D eigenvalue weighted by Crippen LogP contribution is -2.38. The Morgan fingerprint density at radius 3 is 2.27 bits per heavy atom. The molecule has 0 fully saturated rings. The van der Waals surface area contributed by atoms with Crippen LogP contribution in [0.1, 0.15) is 38.1 Å². The number of carboxylic acid groups (broad SMARTS) is 1. The van der Waals surface area contributed by atoms with E-state index in [0.717, 1.165) is 0 Å². The average molecular weight is 309 g/mol. The molecule has 0 unspecified atom stereocenters. The highest BCUT2D eigenvalue weighted by Crippen LogP contribution is 2.28. The molecule has 1 aromatic carbocycles. The largest absolute Gasteiger partial charge is 0.490 e. The maximum absolute atomic E-state index is 12.1. The molecule has 0 spiro atoms. The van der Waals surface area contributed by atoms with Crippen molar-refractivity contribution in [3.05, 3.63) is 23.8 Å². The van der Waals surface area contributed by atoms with Crippen molar-refractivity contribution in [2.24, 2.45) is 5.41 Å². The predicted octanol–water partition coefficient (Wildman–Crippen LogP) is 2.32. The van der Waals surface area contributed by atoms with Gasteiger partial charge in [-0.15, -0.1) is 0 Å². The molecular formula is C16H23NO5. The highest BCUT2D eigenvalue weighted by atomic mass is 16.5. The quantitative estimate of drug-likeness (QED) is 0.770. The molecular weight excluding hydrogens is 286 g/mol. The normalized spacial score (nSPS) is 10.9. The molecule has 22 heavy (non-hydrogen) atoms. The first-order valence-corrected chi connectivity index (χ1v) is 7.23. The lowest BCUT2D eigenvalue weighted by atomic mass is 9.94. The lowest BCUT2D eigenvalue weighted by molar-refractivity contribution is -0.146. The van der Waals surface area contributed by atoms with Gasteiger partial charge in [0.2, 0.25) is 0 Å². The minimum Gasteiger partial charge on any atom is -0.490 e. The Morgan fingerprint density at radius 1 is 1.14 bits per heavy atom. The van der Waals surface area contributed by atoms with E-state index in [1.54, 1.807) is 32.0 Å². The third-order valence-electron chi connectivity index (χ3n) is 3.08. The second-order valence-electron chi connectivity index (χ2n) is 5.40. The summed E-state index contributed by atoms with van der Waals surface area (Å²) in [7, 11) is 0. The summed E-state index contributed by atoms with van der Waals surface area (Å²) in [5.74, 6) is -0.242. The van der Waals surface area contributed by atoms with Crippen molar-refractivity contribution >= 4 is 11.9 Å². The van der Waals surface area contributed by atoms with Crippen LogP contribution in [0.4, 0.5) is 0 Å². The SMILES string of the molecule is CCOc1ccc(C(=O)NCC(C)(C)C(=O)O)cc1OCC. The monoisotopic (exact) mass is 309 g/mol. The first kappa shape index (κ1) is 17.8. The van der Waals surface area contributed by atoms with Crippen molar-refractivity contribution in [1.82, 2.24) is 5.32 Å². The number of carbonyl (C=O) groups is 2. The van der Waals surface area contributed by atoms with E-state index in [2.05, 4.69) is 5.32 Å². The van der Waals surface area contributed by atoms with E-state index < -0.39 is 11.4 Å². The second kappa shape index (κ2) is 7.68. The number of ether oxygens (including phenoxy) is 2. The van der Waals surface area contributed by atoms with Crippen molar-refractivity contribution in [2.45, 2.75) is 27.7 Å². The second-order valence-corrected chi connectivity index (χ2v) is 5.40. The molecule has 6 heteroatoms. The molecule has 122 valence electrons. The van der Waals surface area contributed by atoms with Gasteiger partial charge in [-0.05, 0) is 45.9 Å². The van der Waals surface area contributed by atoms with Crippen LogP contribution in [0.3, 0.4) is 0 Å². The number of carbonyl (C=O) groups excluding carboxylic acids is 1. The molecule has 0 bridgehead atoms. The van der Waals surface area contributed by atoms with E-state index in [0.29, 0.717) is 30.3 Å². The molecule has 0 heterocycles. The summed E-state index contributed by atoms with van der Waals surface area (Å²) < 4.78 is 10.9. The van der Waals surface area contributed by atoms with Crippen molar-refractivity contribution in [3.8, 4) is 11.5 Å². The number of benzene rings is 1. The molecule has 1 rings (SSSR count). The molecule has 2 N–H and O–H groups in total. The molecule has 0 aliphatic rings. The fraction of sp³-hybridized carbons (Fsp3) is 0.500. The smallest absolute Gasteiger partial charge is 0.310 e. The fourth-order valence-corrected chi connectivity index (χ4v) is 1.67. The van der Waals surface area contributed by atoms with Crippen LogP contribution in [-0.4, -0.2) is 36.7 Å². The van der Waals surface area contributed by atoms with E-state index in [1.807, 2.05) is 13.8 Å². The maximum atomic E-state index is 12.1. The number of rotatable bonds is 8. The van der Waals surface area contributed by atoms with E-state index >= 15 is 0 Å². The minimum absolute atomic E-state index is 0.0400. The van der Waals surface area contributed by atoms with Crippen LogP contribution in [0.15, 0.2) is 18.2 Å². The van der Waals surface area contributed by atoms with Gasteiger partial charge in [0.1, 0.15) is 0 Å². The summed E-state index contributed by atoms with van der Waals surface area (Å²) in [6.45, 7) is 7.81. The van der Waals surface area contributed by atoms with E-state index in [1.165, 1.54) is 0 Å². The van der Waals surface area contributed by atoms with Crippen LogP contribution < -0.4 is 14.8 Å². The Morgan fingerprint density at radius 2 is 1.73 bits per heavy atom. The summed E-state index contributed by atoms with van der Waals surface area (Å²) >= 11 is 0. The van der Waals surface area contributed by atoms with Crippen molar-refractivity contribution in [2.75, 3.05) is 19.8 Å². The van der Waals surface area contributed by atoms with Gasteiger partial charge in [-0.3, -0.25) is 9.59 Å². The molecule has 0 aliphatic carbocycles. The van der Waals surface area contributed by atoms with Crippen LogP contribution >= 0.6 is 0 Å². The molecule has 1 aromatic rings. The van der Waals surface area contributed by atoms with Gasteiger partial charge in [-0.2, -0.15) is 0 Å². The van der Waals surface area contributed by atoms with Crippen molar-refractivity contribution < 1.29 is 24.2 Å². The predicted molar refractivity (Wildman–Crippen MR) is 82.5 cm³/mol. The van der Waals surface area contributed by atoms with E-state index in [-0.39, 0.29) is 12.5 Å². The fourth-order valence-electron chi connectivity index (χ4n) is 1.67. The molecule has 0 saturated carbocycles. The standard InChI is InChI=1S/C16H23NO5/c1-5-21-12-8-7-11(9-13(12)22-6-2)14(18)17-10-16(3,4)15(19)20/h7-9H,5-6,10H2,1-4H3,(H,17,18)(H,19,20). The highest BCUT2D eigenvalue weighted by molar-refractivity contribution is 5.95. The van der Waals surface area contributed by atoms with Gasteiger partial charge in [-0.25, -0.2) is 0 Å². The zero-order valence-electron chi connectivity index (χ0n) is 13.4. The maximum Gasteiger partial charge on any atom is 0.310 e. The van der Waals surface area contributed by atoms with Gasteiger partial charge in [0.25, 0.3) is 5.91 Å². The zero-order valence-corrected chi connectivity index (χ0v) is 13.4. The topological polar surface area (TPSA) is 84.9 Å². The van der Waals surface area contributed by atoms with Crippen LogP contribution in [0.2, 0.25) is 0 Å². The Labute approximate surface area is 130 Å². The molecule has 0 saturated heterocycles. The molecule has 0 radical (unpaired) electrons. The third kappa shape index (κ3) is 4.65. The highest BCUT2D eigenvalue weighted by Gasteiger charge is 2.27. The van der Waals surface area contributed by atoms with Gasteiger partial charge in [0.05, 0.1) is 18.6 Å². The summed E-state index contributed by atoms with van der Waals surface area (Å²) in [4.78, 5) is 23.2. The van der Waals surface area contributed by atoms with Gasteiger partial charge in [-0.1, -0.05) is 0 Å². The summed E-state index contributed by atoms with van der Waals surface area (Å²) in [6.07, 6.45) is 0. The van der Waals surface area contributed by atoms with E-state index in [4.69, 9.17) is 14.6 Å². The lowest BCUT2D eigenvalue weighted by Gasteiger charge is -2.19. The minimum atomic E-state index is -1.02. The number of hydrogen-bond acceptors (Lipinski definition) is 4.